The largest absolute Gasteiger partial charge is 0.507 e. The fraction of sp³-hybridized carbons (Fsp3) is 0.606. The normalized spacial score (nSPS) is 13.8. The lowest BCUT2D eigenvalue weighted by Gasteiger charge is -2.39. The van der Waals surface area contributed by atoms with Gasteiger partial charge >= 0.3 is 0 Å². The maximum absolute atomic E-state index is 16.1. The number of hydrogen-bond donors (Lipinski definition) is 4. The second kappa shape index (κ2) is 23.2. The van der Waals surface area contributed by atoms with Gasteiger partial charge in [0.1, 0.15) is 23.0 Å². The Bertz CT molecular complexity index is 2770. The summed E-state index contributed by atoms with van der Waals surface area (Å²) in [5.74, 6) is -3.24. The van der Waals surface area contributed by atoms with Crippen molar-refractivity contribution in [3.63, 3.8) is 0 Å². The zero-order valence-corrected chi connectivity index (χ0v) is 55.3. The van der Waals surface area contributed by atoms with Gasteiger partial charge in [0.25, 0.3) is 5.91 Å². The van der Waals surface area contributed by atoms with Crippen LogP contribution in [0.3, 0.4) is 0 Å². The van der Waals surface area contributed by atoms with Crippen molar-refractivity contribution in [3.8, 4) is 23.0 Å². The third kappa shape index (κ3) is 15.7. The van der Waals surface area contributed by atoms with Gasteiger partial charge in [0.05, 0.1) is 0 Å². The van der Waals surface area contributed by atoms with Crippen molar-refractivity contribution in [3.05, 3.63) is 115 Å². The van der Waals surface area contributed by atoms with E-state index in [9.17, 15) is 20.4 Å². The van der Waals surface area contributed by atoms with Crippen LogP contribution in [0.25, 0.3) is 0 Å². The molecule has 0 heterocycles. The highest BCUT2D eigenvalue weighted by molar-refractivity contribution is 6.05. The number of rotatable bonds is 12. The molecule has 0 aliphatic carbocycles. The molecule has 4 N–H and O–H groups in total. The van der Waals surface area contributed by atoms with Crippen LogP contribution in [0, 0.1) is 5.92 Å². The van der Waals surface area contributed by atoms with E-state index < -0.39 is 78.3 Å². The molecular weight excluding hydrogens is 1010 g/mol. The zero-order chi connectivity index (χ0) is 62.7. The molecule has 81 heavy (non-hydrogen) atoms. The average molecular weight is 1120 g/mol. The molecule has 4 aromatic rings. The highest BCUT2D eigenvalue weighted by Crippen LogP contribution is 2.46. The molecule has 0 saturated carbocycles. The number of imide groups is 2. The first-order chi connectivity index (χ1) is 36.2. The van der Waals surface area contributed by atoms with Crippen LogP contribution in [-0.4, -0.2) is 54.1 Å². The number of hydrogen-bond acceptors (Lipinski definition) is 8. The fourth-order valence-electron chi connectivity index (χ4n) is 10.6. The monoisotopic (exact) mass is 1110 g/mol. The highest BCUT2D eigenvalue weighted by Gasteiger charge is 2.44. The van der Waals surface area contributed by atoms with Gasteiger partial charge in [-0.3, -0.25) is 19.2 Å². The van der Waals surface area contributed by atoms with Crippen molar-refractivity contribution in [2.45, 2.75) is 274 Å². The number of phenols is 4. The predicted octanol–water partition coefficient (Wildman–Crippen LogP) is 16.3. The Kier molecular flexibility index (Phi) is 19.4. The summed E-state index contributed by atoms with van der Waals surface area (Å²) in [5.41, 5.74) is 3.87. The summed E-state index contributed by atoms with van der Waals surface area (Å²) in [7, 11) is 0. The maximum Gasteiger partial charge on any atom is 0.252 e. The summed E-state index contributed by atoms with van der Waals surface area (Å²) in [5, 5.41) is 48.4. The summed E-state index contributed by atoms with van der Waals surface area (Å²) >= 11 is 0. The first-order valence-corrected chi connectivity index (χ1v) is 29.5. The minimum Gasteiger partial charge on any atom is -0.507 e. The van der Waals surface area contributed by atoms with Gasteiger partial charge in [0, 0.05) is 30.6 Å². The Morgan fingerprint density at radius 1 is 0.333 bits per heavy atom. The van der Waals surface area contributed by atoms with Gasteiger partial charge in [0.15, 0.2) is 0 Å². The van der Waals surface area contributed by atoms with E-state index in [1.54, 1.807) is 6.92 Å². The molecule has 4 rings (SSSR count). The Morgan fingerprint density at radius 2 is 0.519 bits per heavy atom. The lowest BCUT2D eigenvalue weighted by Crippen LogP contribution is -2.58. The van der Waals surface area contributed by atoms with Gasteiger partial charge < -0.3 is 20.4 Å². The summed E-state index contributed by atoms with van der Waals surface area (Å²) in [4.78, 5) is 63.0. The Hall–Kier alpha value is -5.64. The van der Waals surface area contributed by atoms with Gasteiger partial charge in [0.2, 0.25) is 17.7 Å². The van der Waals surface area contributed by atoms with Crippen LogP contribution in [0.5, 0.6) is 23.0 Å². The Labute approximate surface area is 489 Å². The third-order valence-electron chi connectivity index (χ3n) is 16.3. The van der Waals surface area contributed by atoms with Crippen LogP contribution in [0.15, 0.2) is 48.5 Å². The molecule has 1 atom stereocenters. The van der Waals surface area contributed by atoms with Crippen molar-refractivity contribution < 1.29 is 39.6 Å². The number of carbonyl (C=O) groups is 4. The van der Waals surface area contributed by atoms with E-state index in [1.807, 2.05) is 229 Å². The molecule has 4 amide bonds. The summed E-state index contributed by atoms with van der Waals surface area (Å²) < 4.78 is 0. The molecule has 0 aliphatic heterocycles. The predicted molar refractivity (Wildman–Crippen MR) is 333 cm³/mol. The molecule has 0 radical (unpaired) electrons. The van der Waals surface area contributed by atoms with E-state index >= 15 is 19.2 Å². The van der Waals surface area contributed by atoms with Crippen LogP contribution in [-0.2, 0) is 87.2 Å². The highest BCUT2D eigenvalue weighted by atomic mass is 16.3. The van der Waals surface area contributed by atoms with Crippen LogP contribution in [0.1, 0.15) is 273 Å². The molecular formula is C71H106N2O8. The van der Waals surface area contributed by atoms with Crippen LogP contribution >= 0.6 is 0 Å². The van der Waals surface area contributed by atoms with Crippen molar-refractivity contribution >= 4 is 23.6 Å². The molecule has 0 aliphatic rings. The van der Waals surface area contributed by atoms with Gasteiger partial charge in [-0.15, -0.1) is 0 Å². The molecule has 10 heteroatoms. The van der Waals surface area contributed by atoms with Gasteiger partial charge in [-0.05, 0) is 129 Å². The summed E-state index contributed by atoms with van der Waals surface area (Å²) in [6, 6.07) is 15.3. The zero-order valence-electron chi connectivity index (χ0n) is 55.3. The number of phenolic OH excluding ortho intramolecular Hbond substituents is 4. The second-order valence-electron chi connectivity index (χ2n) is 32.1. The molecule has 0 aromatic heterocycles. The smallest absolute Gasteiger partial charge is 0.252 e. The average Bonchev–Trinajstić information content (AvgIpc) is 3.28. The lowest BCUT2D eigenvalue weighted by atomic mass is 9.69. The molecule has 0 saturated heterocycles. The number of nitrogens with zero attached hydrogens (tertiary/aromatic N) is 2. The standard InChI is InChI=1S/C71H106N2O8/c1-42(71(26,27)46-40-53(69(20,21)22)61(80)54(41-46)70(23,24)25)62(81)73(57(76)33-30-45-38-51(67(14,15)16)60(79)52(39-45)68(17,18)19)72(55(74)31-28-43-34-47(63(2,3)4)58(77)48(35-43)64(5,6)7)56(75)32-29-44-36-49(65(8,9)10)59(78)50(37-44)66(11,12)13/h34-42,77-80H,28-33H2,1-27H3. The van der Waals surface area contributed by atoms with E-state index in [4.69, 9.17) is 0 Å². The molecule has 1 unspecified atom stereocenters. The van der Waals surface area contributed by atoms with E-state index in [2.05, 4.69) is 0 Å². The number of amides is 4. The molecule has 448 valence electrons. The van der Waals surface area contributed by atoms with Crippen LogP contribution in [0.4, 0.5) is 0 Å². The Balaban J connectivity index is 2.07. The minimum absolute atomic E-state index is 0.127. The first-order valence-electron chi connectivity index (χ1n) is 29.5. The van der Waals surface area contributed by atoms with Gasteiger partial charge in [-0.1, -0.05) is 235 Å². The van der Waals surface area contributed by atoms with Crippen LogP contribution in [0.2, 0.25) is 0 Å². The topological polar surface area (TPSA) is 156 Å². The Morgan fingerprint density at radius 3 is 0.716 bits per heavy atom. The van der Waals surface area contributed by atoms with Crippen molar-refractivity contribution in [2.24, 2.45) is 5.92 Å². The number of hydrazine groups is 1. The molecule has 4 aromatic carbocycles. The first kappa shape index (κ1) is 67.9. The van der Waals surface area contributed by atoms with E-state index in [1.165, 1.54) is 0 Å². The van der Waals surface area contributed by atoms with Crippen molar-refractivity contribution in [1.82, 2.24) is 10.0 Å². The number of aryl methyl sites for hydroxylation is 3. The number of aromatic hydroxyl groups is 4. The minimum atomic E-state index is -1.04. The van der Waals surface area contributed by atoms with Crippen molar-refractivity contribution in [1.29, 1.82) is 0 Å². The summed E-state index contributed by atoms with van der Waals surface area (Å²) in [6.45, 7) is 54.0. The quantitative estimate of drug-likeness (QED) is 0.102. The SMILES string of the molecule is CC(C(=O)N(C(=O)CCc1cc(C(C)(C)C)c(O)c(C(C)(C)C)c1)N(C(=O)CCc1cc(C(C)(C)C)c(O)c(C(C)(C)C)c1)C(=O)CCc1cc(C(C)(C)C)c(O)c(C(C)(C)C)c1)C(C)(C)c1cc(C(C)(C)C)c(O)c(C(C)(C)C)c1. The van der Waals surface area contributed by atoms with Gasteiger partial charge in [-0.25, -0.2) is 0 Å². The van der Waals surface area contributed by atoms with E-state index in [0.29, 0.717) is 44.5 Å². The third-order valence-corrected chi connectivity index (χ3v) is 16.3. The van der Waals surface area contributed by atoms with E-state index in [-0.39, 0.29) is 61.5 Å². The molecule has 0 bridgehead atoms. The summed E-state index contributed by atoms with van der Waals surface area (Å²) in [6.07, 6.45) is -0.397. The van der Waals surface area contributed by atoms with Crippen molar-refractivity contribution in [2.75, 3.05) is 0 Å². The van der Waals surface area contributed by atoms with Gasteiger partial charge in [-0.2, -0.15) is 10.0 Å². The molecule has 0 spiro atoms. The fourth-order valence-corrected chi connectivity index (χ4v) is 10.6. The number of benzene rings is 4. The molecule has 10 nitrogen and oxygen atoms in total. The lowest BCUT2D eigenvalue weighted by molar-refractivity contribution is -0.182. The number of carbonyl (C=O) groups excluding carboxylic acids is 4. The maximum atomic E-state index is 16.1. The molecule has 0 fully saturated rings. The van der Waals surface area contributed by atoms with Crippen LogP contribution < -0.4 is 0 Å². The van der Waals surface area contributed by atoms with E-state index in [0.717, 1.165) is 32.3 Å². The second-order valence-corrected chi connectivity index (χ2v) is 32.1.